The molecule has 0 aliphatic carbocycles. The van der Waals surface area contributed by atoms with Crippen LogP contribution in [0.25, 0.3) is 0 Å². The molecule has 0 aromatic heterocycles. The normalized spacial score (nSPS) is 21.8. The van der Waals surface area contributed by atoms with E-state index in [1.54, 1.807) is 19.2 Å². The van der Waals surface area contributed by atoms with Gasteiger partial charge in [-0.25, -0.2) is 4.39 Å². The molecule has 1 N–H and O–H groups in total. The molecule has 2 fully saturated rings. The lowest BCUT2D eigenvalue weighted by atomic mass is 9.74. The summed E-state index contributed by atoms with van der Waals surface area (Å²) in [6, 6.07) is 6.92. The lowest BCUT2D eigenvalue weighted by Crippen LogP contribution is -2.43. The largest absolute Gasteiger partial charge is 0.382 e. The van der Waals surface area contributed by atoms with E-state index in [4.69, 9.17) is 19.2 Å². The first-order valence-electron chi connectivity index (χ1n) is 11.1. The van der Waals surface area contributed by atoms with Crippen LogP contribution in [0, 0.1) is 11.7 Å². The van der Waals surface area contributed by atoms with Crippen molar-refractivity contribution in [2.45, 2.75) is 31.6 Å². The van der Waals surface area contributed by atoms with Crippen LogP contribution in [0.5, 0.6) is 0 Å². The third-order valence-electron chi connectivity index (χ3n) is 6.14. The summed E-state index contributed by atoms with van der Waals surface area (Å²) in [6.45, 7) is 9.01. The van der Waals surface area contributed by atoms with Gasteiger partial charge in [0.1, 0.15) is 5.82 Å². The van der Waals surface area contributed by atoms with E-state index in [0.29, 0.717) is 38.9 Å². The van der Waals surface area contributed by atoms with Crippen LogP contribution in [0.1, 0.15) is 31.7 Å². The van der Waals surface area contributed by atoms with Gasteiger partial charge in [-0.3, -0.25) is 4.99 Å². The minimum absolute atomic E-state index is 0.102. The topological polar surface area (TPSA) is 55.3 Å². The molecule has 1 unspecified atom stereocenters. The Morgan fingerprint density at radius 2 is 2.03 bits per heavy atom. The maximum Gasteiger partial charge on any atom is 0.193 e. The standard InChI is InChI=1S/C23H36FN3O3/c1-3-25-22(27-11-8-19(16-27)17-30-15-14-28-2)26-18-23(9-12-29-13-10-23)20-4-6-21(24)7-5-20/h4-7,19H,3,8-18H2,1-2H3,(H,25,26). The average Bonchev–Trinajstić information content (AvgIpc) is 3.24. The third kappa shape index (κ3) is 6.15. The summed E-state index contributed by atoms with van der Waals surface area (Å²) in [7, 11) is 1.69. The van der Waals surface area contributed by atoms with Crippen LogP contribution in [0.3, 0.4) is 0 Å². The number of hydrogen-bond donors (Lipinski definition) is 1. The van der Waals surface area contributed by atoms with Crippen LogP contribution in [-0.4, -0.2) is 77.2 Å². The summed E-state index contributed by atoms with van der Waals surface area (Å²) >= 11 is 0. The number of guanidine groups is 1. The number of benzene rings is 1. The van der Waals surface area contributed by atoms with Gasteiger partial charge in [0.15, 0.2) is 5.96 Å². The SMILES string of the molecule is CCNC(=NCC1(c2ccc(F)cc2)CCOCC1)N1CCC(COCCOC)C1. The van der Waals surface area contributed by atoms with E-state index < -0.39 is 0 Å². The fraction of sp³-hybridized carbons (Fsp3) is 0.696. The summed E-state index contributed by atoms with van der Waals surface area (Å²) in [5.74, 6) is 1.28. The lowest BCUT2D eigenvalue weighted by Gasteiger charge is -2.37. The van der Waals surface area contributed by atoms with Crippen molar-refractivity contribution in [1.82, 2.24) is 10.2 Å². The molecule has 0 saturated carbocycles. The molecule has 1 aromatic carbocycles. The fourth-order valence-corrected chi connectivity index (χ4v) is 4.31. The predicted molar refractivity (Wildman–Crippen MR) is 116 cm³/mol. The molecule has 7 heteroatoms. The number of nitrogens with one attached hydrogen (secondary N) is 1. The molecule has 0 amide bonds. The summed E-state index contributed by atoms with van der Waals surface area (Å²) < 4.78 is 29.9. The van der Waals surface area contributed by atoms with Gasteiger partial charge >= 0.3 is 0 Å². The number of hydrogen-bond acceptors (Lipinski definition) is 4. The number of halogens is 1. The van der Waals surface area contributed by atoms with E-state index >= 15 is 0 Å². The molecule has 3 rings (SSSR count). The Hall–Kier alpha value is -1.70. The summed E-state index contributed by atoms with van der Waals surface area (Å²) in [4.78, 5) is 7.39. The summed E-state index contributed by atoms with van der Waals surface area (Å²) in [6.07, 6.45) is 2.91. The first kappa shape index (κ1) is 23.0. The molecule has 6 nitrogen and oxygen atoms in total. The Kier molecular flexibility index (Phi) is 8.90. The van der Waals surface area contributed by atoms with Crippen molar-refractivity contribution in [3.63, 3.8) is 0 Å². The average molecular weight is 422 g/mol. The number of likely N-dealkylation sites (tertiary alicyclic amines) is 1. The maximum absolute atomic E-state index is 13.5. The molecule has 0 spiro atoms. The zero-order valence-corrected chi connectivity index (χ0v) is 18.4. The smallest absolute Gasteiger partial charge is 0.193 e. The van der Waals surface area contributed by atoms with Crippen molar-refractivity contribution in [2.24, 2.45) is 10.9 Å². The second-order valence-corrected chi connectivity index (χ2v) is 8.24. The van der Waals surface area contributed by atoms with E-state index in [1.807, 2.05) is 12.1 Å². The summed E-state index contributed by atoms with van der Waals surface area (Å²) in [5, 5.41) is 3.46. The van der Waals surface area contributed by atoms with E-state index in [0.717, 1.165) is 57.0 Å². The molecular weight excluding hydrogens is 385 g/mol. The first-order valence-corrected chi connectivity index (χ1v) is 11.1. The maximum atomic E-state index is 13.5. The van der Waals surface area contributed by atoms with E-state index in [-0.39, 0.29) is 11.2 Å². The first-order chi connectivity index (χ1) is 14.7. The number of ether oxygens (including phenoxy) is 3. The van der Waals surface area contributed by atoms with Gasteiger partial charge in [0.05, 0.1) is 26.4 Å². The Balaban J connectivity index is 1.67. The van der Waals surface area contributed by atoms with Crippen LogP contribution < -0.4 is 5.32 Å². The highest BCUT2D eigenvalue weighted by Crippen LogP contribution is 2.35. The molecule has 1 aromatic rings. The van der Waals surface area contributed by atoms with E-state index in [9.17, 15) is 4.39 Å². The highest BCUT2D eigenvalue weighted by atomic mass is 19.1. The monoisotopic (exact) mass is 421 g/mol. The van der Waals surface area contributed by atoms with Crippen LogP contribution in [0.15, 0.2) is 29.3 Å². The Morgan fingerprint density at radius 3 is 2.73 bits per heavy atom. The number of aliphatic imine (C=N–C) groups is 1. The van der Waals surface area contributed by atoms with Crippen LogP contribution >= 0.6 is 0 Å². The molecule has 0 bridgehead atoms. The van der Waals surface area contributed by atoms with Crippen LogP contribution in [0.4, 0.5) is 4.39 Å². The van der Waals surface area contributed by atoms with Gasteiger partial charge < -0.3 is 24.4 Å². The second kappa shape index (κ2) is 11.6. The second-order valence-electron chi connectivity index (χ2n) is 8.24. The van der Waals surface area contributed by atoms with Crippen molar-refractivity contribution >= 4 is 5.96 Å². The summed E-state index contributed by atoms with van der Waals surface area (Å²) in [5.41, 5.74) is 1.05. The van der Waals surface area contributed by atoms with Gasteiger partial charge in [-0.2, -0.15) is 0 Å². The molecular formula is C23H36FN3O3. The molecule has 30 heavy (non-hydrogen) atoms. The van der Waals surface area contributed by atoms with Crippen molar-refractivity contribution < 1.29 is 18.6 Å². The lowest BCUT2D eigenvalue weighted by molar-refractivity contribution is 0.0526. The van der Waals surface area contributed by atoms with Gasteiger partial charge in [0.2, 0.25) is 0 Å². The molecule has 0 radical (unpaired) electrons. The third-order valence-corrected chi connectivity index (χ3v) is 6.14. The van der Waals surface area contributed by atoms with Gasteiger partial charge in [-0.15, -0.1) is 0 Å². The minimum atomic E-state index is -0.200. The van der Waals surface area contributed by atoms with Crippen LogP contribution in [-0.2, 0) is 19.6 Å². The number of rotatable bonds is 9. The van der Waals surface area contributed by atoms with Gasteiger partial charge in [0, 0.05) is 51.3 Å². The van der Waals surface area contributed by atoms with Crippen molar-refractivity contribution in [1.29, 1.82) is 0 Å². The van der Waals surface area contributed by atoms with E-state index in [1.165, 1.54) is 0 Å². The zero-order chi connectivity index (χ0) is 21.2. The fourth-order valence-electron chi connectivity index (χ4n) is 4.31. The Labute approximate surface area is 179 Å². The highest BCUT2D eigenvalue weighted by molar-refractivity contribution is 5.80. The van der Waals surface area contributed by atoms with Gasteiger partial charge in [-0.05, 0) is 43.9 Å². The van der Waals surface area contributed by atoms with Crippen LogP contribution in [0.2, 0.25) is 0 Å². The molecule has 2 aliphatic rings. The highest BCUT2D eigenvalue weighted by Gasteiger charge is 2.35. The molecule has 168 valence electrons. The predicted octanol–water partition coefficient (Wildman–Crippen LogP) is 2.82. The number of methoxy groups -OCH3 is 1. The molecule has 2 heterocycles. The molecule has 2 saturated heterocycles. The quantitative estimate of drug-likeness (QED) is 0.378. The zero-order valence-electron chi connectivity index (χ0n) is 18.4. The molecule has 2 aliphatic heterocycles. The molecule has 1 atom stereocenters. The minimum Gasteiger partial charge on any atom is -0.382 e. The number of nitrogens with zero attached hydrogens (tertiary/aromatic N) is 2. The van der Waals surface area contributed by atoms with Crippen molar-refractivity contribution in [2.75, 3.05) is 66.3 Å². The van der Waals surface area contributed by atoms with Gasteiger partial charge in [0.25, 0.3) is 0 Å². The van der Waals surface area contributed by atoms with Crippen molar-refractivity contribution in [3.05, 3.63) is 35.6 Å². The van der Waals surface area contributed by atoms with Crippen molar-refractivity contribution in [3.8, 4) is 0 Å². The Morgan fingerprint density at radius 1 is 1.27 bits per heavy atom. The van der Waals surface area contributed by atoms with Gasteiger partial charge in [-0.1, -0.05) is 12.1 Å². The van der Waals surface area contributed by atoms with E-state index in [2.05, 4.69) is 17.1 Å². The Bertz CT molecular complexity index is 662.